The molecule has 0 bridgehead atoms. The van der Waals surface area contributed by atoms with Crippen molar-refractivity contribution in [3.63, 3.8) is 0 Å². The van der Waals surface area contributed by atoms with E-state index >= 15 is 0 Å². The summed E-state index contributed by atoms with van der Waals surface area (Å²) in [7, 11) is 0. The molecule has 0 unspecified atom stereocenters. The Balaban J connectivity index is 1.50. The molecule has 1 amide bonds. The first kappa shape index (κ1) is 22.7. The average Bonchev–Trinajstić information content (AvgIpc) is 3.16. The molecule has 5 rings (SSSR count). The Morgan fingerprint density at radius 1 is 1.09 bits per heavy atom. The van der Waals surface area contributed by atoms with E-state index in [9.17, 15) is 14.7 Å². The van der Waals surface area contributed by atoms with E-state index in [0.29, 0.717) is 17.8 Å². The van der Waals surface area contributed by atoms with E-state index in [1.807, 2.05) is 54.2 Å². The standard InChI is InChI=1S/C27H29N3O3S/c1-27(2)17-30(16-21(26(32)33)24-23(27)20-8-3-4-9-22(20)28-24)25(31)19-7-5-6-18(14-19)15-29-10-12-34-13-11-29/h3-9,14,16,28H,10-13,15,17H2,1-2H3,(H,32,33). The topological polar surface area (TPSA) is 76.6 Å². The second-order valence-corrected chi connectivity index (χ2v) is 10.9. The highest BCUT2D eigenvalue weighted by Gasteiger charge is 2.37. The third-order valence-electron chi connectivity index (χ3n) is 6.68. The molecule has 176 valence electrons. The number of carbonyl (C=O) groups is 2. The fourth-order valence-corrected chi connectivity index (χ4v) is 6.08. The van der Waals surface area contributed by atoms with Crippen LogP contribution >= 0.6 is 11.8 Å². The predicted octanol–water partition coefficient (Wildman–Crippen LogP) is 4.58. The summed E-state index contributed by atoms with van der Waals surface area (Å²) in [5.41, 5.74) is 3.74. The summed E-state index contributed by atoms with van der Waals surface area (Å²) in [5.74, 6) is 1.04. The zero-order valence-corrected chi connectivity index (χ0v) is 20.3. The Morgan fingerprint density at radius 2 is 1.85 bits per heavy atom. The average molecular weight is 476 g/mol. The lowest BCUT2D eigenvalue weighted by Gasteiger charge is -2.30. The number of para-hydroxylation sites is 1. The monoisotopic (exact) mass is 475 g/mol. The van der Waals surface area contributed by atoms with Gasteiger partial charge in [-0.1, -0.05) is 44.2 Å². The van der Waals surface area contributed by atoms with Crippen LogP contribution in [0.2, 0.25) is 0 Å². The van der Waals surface area contributed by atoms with Crippen molar-refractivity contribution in [3.8, 4) is 0 Å². The molecular formula is C27H29N3O3S. The number of amides is 1. The van der Waals surface area contributed by atoms with Gasteiger partial charge in [0.1, 0.15) is 0 Å². The molecule has 0 atom stereocenters. The highest BCUT2D eigenvalue weighted by atomic mass is 32.2. The van der Waals surface area contributed by atoms with E-state index in [1.165, 1.54) is 6.20 Å². The van der Waals surface area contributed by atoms with Crippen LogP contribution in [0.25, 0.3) is 16.5 Å². The predicted molar refractivity (Wildman–Crippen MR) is 137 cm³/mol. The number of H-pyrrole nitrogens is 1. The number of fused-ring (bicyclic) bond motifs is 3. The number of hydrogen-bond acceptors (Lipinski definition) is 4. The van der Waals surface area contributed by atoms with Crippen molar-refractivity contribution in [2.75, 3.05) is 31.1 Å². The lowest BCUT2D eigenvalue weighted by molar-refractivity contribution is -0.130. The number of carboxylic acids is 1. The number of aliphatic carboxylic acids is 1. The Hall–Kier alpha value is -3.03. The highest BCUT2D eigenvalue weighted by molar-refractivity contribution is 7.99. The SMILES string of the molecule is CC1(C)CN(C(=O)c2cccc(CN3CCSCC3)c2)C=C(C(=O)O)c2[nH]c3ccccc3c21. The van der Waals surface area contributed by atoms with Gasteiger partial charge >= 0.3 is 5.97 Å². The summed E-state index contributed by atoms with van der Waals surface area (Å²) in [5, 5.41) is 11.1. The fourth-order valence-electron chi connectivity index (χ4n) is 5.10. The number of nitrogens with zero attached hydrogens (tertiary/aromatic N) is 2. The molecule has 6 nitrogen and oxygen atoms in total. The van der Waals surface area contributed by atoms with Crippen LogP contribution in [0.4, 0.5) is 0 Å². The first-order valence-corrected chi connectivity index (χ1v) is 12.8. The molecule has 34 heavy (non-hydrogen) atoms. The normalized spacial score (nSPS) is 18.3. The van der Waals surface area contributed by atoms with Gasteiger partial charge in [0, 0.05) is 65.8 Å². The lowest BCUT2D eigenvalue weighted by atomic mass is 9.81. The van der Waals surface area contributed by atoms with E-state index in [2.05, 4.69) is 29.8 Å². The minimum Gasteiger partial charge on any atom is -0.478 e. The minimum atomic E-state index is -1.06. The van der Waals surface area contributed by atoms with Gasteiger partial charge < -0.3 is 15.0 Å². The molecule has 2 N–H and O–H groups in total. The smallest absolute Gasteiger partial charge is 0.339 e. The van der Waals surface area contributed by atoms with Gasteiger partial charge in [-0.05, 0) is 29.3 Å². The molecule has 2 aromatic carbocycles. The van der Waals surface area contributed by atoms with Crippen LogP contribution in [-0.4, -0.2) is 62.9 Å². The summed E-state index contributed by atoms with van der Waals surface area (Å²) in [6.45, 7) is 7.44. The first-order valence-electron chi connectivity index (χ1n) is 11.6. The number of nitrogens with one attached hydrogen (secondary N) is 1. The van der Waals surface area contributed by atoms with E-state index in [1.54, 1.807) is 4.90 Å². The third-order valence-corrected chi connectivity index (χ3v) is 7.62. The number of rotatable bonds is 4. The largest absolute Gasteiger partial charge is 0.478 e. The molecule has 7 heteroatoms. The summed E-state index contributed by atoms with van der Waals surface area (Å²) < 4.78 is 0. The molecule has 3 heterocycles. The second-order valence-electron chi connectivity index (χ2n) is 9.67. The summed E-state index contributed by atoms with van der Waals surface area (Å²) in [6.07, 6.45) is 1.50. The van der Waals surface area contributed by atoms with Crippen LogP contribution in [0, 0.1) is 0 Å². The van der Waals surface area contributed by atoms with Gasteiger partial charge in [-0.3, -0.25) is 9.69 Å². The van der Waals surface area contributed by atoms with Gasteiger partial charge in [0.15, 0.2) is 0 Å². The van der Waals surface area contributed by atoms with Crippen molar-refractivity contribution in [2.24, 2.45) is 0 Å². The Morgan fingerprint density at radius 3 is 2.62 bits per heavy atom. The van der Waals surface area contributed by atoms with Gasteiger partial charge in [-0.25, -0.2) is 4.79 Å². The maximum absolute atomic E-state index is 13.7. The van der Waals surface area contributed by atoms with Crippen LogP contribution in [0.15, 0.2) is 54.7 Å². The molecule has 0 aliphatic carbocycles. The van der Waals surface area contributed by atoms with E-state index in [-0.39, 0.29) is 11.5 Å². The molecule has 0 saturated carbocycles. The zero-order chi connectivity index (χ0) is 23.9. The molecular weight excluding hydrogens is 446 g/mol. The quantitative estimate of drug-likeness (QED) is 0.578. The van der Waals surface area contributed by atoms with Crippen molar-refractivity contribution in [3.05, 3.63) is 77.1 Å². The second kappa shape index (κ2) is 8.96. The van der Waals surface area contributed by atoms with E-state index < -0.39 is 11.4 Å². The van der Waals surface area contributed by atoms with Gasteiger partial charge in [0.25, 0.3) is 5.91 Å². The van der Waals surface area contributed by atoms with Crippen LogP contribution in [0.3, 0.4) is 0 Å². The van der Waals surface area contributed by atoms with Gasteiger partial charge in [-0.15, -0.1) is 0 Å². The van der Waals surface area contributed by atoms with E-state index in [4.69, 9.17) is 0 Å². The number of hydrogen-bond donors (Lipinski definition) is 2. The zero-order valence-electron chi connectivity index (χ0n) is 19.5. The number of benzene rings is 2. The molecule has 1 fully saturated rings. The minimum absolute atomic E-state index is 0.104. The maximum atomic E-state index is 13.7. The fraction of sp³-hybridized carbons (Fsp3) is 0.333. The van der Waals surface area contributed by atoms with E-state index in [0.717, 1.165) is 53.2 Å². The lowest BCUT2D eigenvalue weighted by Crippen LogP contribution is -2.37. The first-order chi connectivity index (χ1) is 16.3. The van der Waals surface area contributed by atoms with Crippen molar-refractivity contribution in [2.45, 2.75) is 25.8 Å². The molecule has 0 radical (unpaired) electrons. The molecule has 1 saturated heterocycles. The number of carboxylic acid groups (broad SMARTS) is 1. The summed E-state index contributed by atoms with van der Waals surface area (Å²) in [6, 6.07) is 15.6. The third kappa shape index (κ3) is 4.26. The van der Waals surface area contributed by atoms with Crippen LogP contribution < -0.4 is 0 Å². The number of thioether (sulfide) groups is 1. The molecule has 3 aromatic rings. The van der Waals surface area contributed by atoms with Gasteiger partial charge in [0.05, 0.1) is 11.3 Å². The highest BCUT2D eigenvalue weighted by Crippen LogP contribution is 2.40. The van der Waals surface area contributed by atoms with Crippen molar-refractivity contribution in [1.82, 2.24) is 14.8 Å². The van der Waals surface area contributed by atoms with Crippen molar-refractivity contribution < 1.29 is 14.7 Å². The van der Waals surface area contributed by atoms with Crippen LogP contribution in [0.5, 0.6) is 0 Å². The number of aromatic nitrogens is 1. The van der Waals surface area contributed by atoms with Crippen LogP contribution in [-0.2, 0) is 16.8 Å². The molecule has 0 spiro atoms. The Bertz CT molecular complexity index is 1290. The molecule has 2 aliphatic rings. The van der Waals surface area contributed by atoms with Gasteiger partial charge in [-0.2, -0.15) is 11.8 Å². The number of aromatic amines is 1. The van der Waals surface area contributed by atoms with Gasteiger partial charge in [0.2, 0.25) is 0 Å². The summed E-state index contributed by atoms with van der Waals surface area (Å²) in [4.78, 5) is 33.2. The Labute approximate surface area is 203 Å². The maximum Gasteiger partial charge on any atom is 0.339 e. The van der Waals surface area contributed by atoms with Crippen molar-refractivity contribution >= 4 is 40.1 Å². The molecule has 1 aromatic heterocycles. The molecule has 2 aliphatic heterocycles. The number of carbonyl (C=O) groups excluding carboxylic acids is 1. The van der Waals surface area contributed by atoms with Crippen LogP contribution in [0.1, 0.15) is 41.0 Å². The summed E-state index contributed by atoms with van der Waals surface area (Å²) >= 11 is 1.98. The van der Waals surface area contributed by atoms with Crippen molar-refractivity contribution in [1.29, 1.82) is 0 Å². The Kier molecular flexibility index (Phi) is 6.00.